The summed E-state index contributed by atoms with van der Waals surface area (Å²) < 4.78 is 0. The Hall–Kier alpha value is -0.820. The van der Waals surface area contributed by atoms with E-state index in [4.69, 9.17) is 0 Å². The van der Waals surface area contributed by atoms with Gasteiger partial charge in [0.25, 0.3) is 0 Å². The van der Waals surface area contributed by atoms with E-state index in [1.54, 1.807) is 11.1 Å². The standard InChI is InChI=1S/C16H23N/c1-12(16(2)9-10-16)17-15-8-7-13-5-3-4-6-14(13)11-15/h3-6,12,15,17H,7-11H2,1-2H3. The molecule has 1 nitrogen and oxygen atoms in total. The molecule has 1 N–H and O–H groups in total. The van der Waals surface area contributed by atoms with Gasteiger partial charge in [-0.05, 0) is 55.6 Å². The third-order valence-corrected chi connectivity index (χ3v) is 4.92. The first-order valence-electron chi connectivity index (χ1n) is 7.00. The molecule has 92 valence electrons. The van der Waals surface area contributed by atoms with Crippen molar-refractivity contribution in [1.82, 2.24) is 5.32 Å². The Morgan fingerprint density at radius 1 is 1.24 bits per heavy atom. The second kappa shape index (κ2) is 4.13. The average Bonchev–Trinajstić information content (AvgIpc) is 3.09. The maximum atomic E-state index is 3.86. The summed E-state index contributed by atoms with van der Waals surface area (Å²) in [4.78, 5) is 0. The molecular formula is C16H23N. The summed E-state index contributed by atoms with van der Waals surface area (Å²) in [5, 5.41) is 3.86. The lowest BCUT2D eigenvalue weighted by atomic mass is 9.87. The molecule has 0 aromatic heterocycles. The van der Waals surface area contributed by atoms with Crippen molar-refractivity contribution in [3.63, 3.8) is 0 Å². The lowest BCUT2D eigenvalue weighted by Gasteiger charge is -2.31. The summed E-state index contributed by atoms with van der Waals surface area (Å²) in [6.07, 6.45) is 6.58. The molecule has 0 radical (unpaired) electrons. The molecule has 2 atom stereocenters. The van der Waals surface area contributed by atoms with Crippen LogP contribution in [0.1, 0.15) is 44.2 Å². The molecule has 0 spiro atoms. The second-order valence-corrected chi connectivity index (χ2v) is 6.25. The van der Waals surface area contributed by atoms with Crippen LogP contribution in [0.3, 0.4) is 0 Å². The highest BCUT2D eigenvalue weighted by atomic mass is 15.0. The molecule has 17 heavy (non-hydrogen) atoms. The van der Waals surface area contributed by atoms with Crippen molar-refractivity contribution < 1.29 is 0 Å². The van der Waals surface area contributed by atoms with Crippen LogP contribution < -0.4 is 5.32 Å². The van der Waals surface area contributed by atoms with Gasteiger partial charge in [-0.1, -0.05) is 31.2 Å². The lowest BCUT2D eigenvalue weighted by molar-refractivity contribution is 0.321. The molecule has 0 amide bonds. The average molecular weight is 229 g/mol. The zero-order valence-electron chi connectivity index (χ0n) is 11.0. The maximum absolute atomic E-state index is 3.86. The van der Waals surface area contributed by atoms with Gasteiger partial charge >= 0.3 is 0 Å². The zero-order valence-corrected chi connectivity index (χ0v) is 11.0. The summed E-state index contributed by atoms with van der Waals surface area (Å²) >= 11 is 0. The molecule has 1 heteroatoms. The molecule has 3 rings (SSSR count). The third kappa shape index (κ3) is 2.26. The van der Waals surface area contributed by atoms with Gasteiger partial charge in [0.1, 0.15) is 0 Å². The molecule has 1 aromatic carbocycles. The van der Waals surface area contributed by atoms with Crippen LogP contribution in [0.15, 0.2) is 24.3 Å². The van der Waals surface area contributed by atoms with Crippen LogP contribution in [0.5, 0.6) is 0 Å². The van der Waals surface area contributed by atoms with Crippen LogP contribution in [0, 0.1) is 5.41 Å². The number of hydrogen-bond acceptors (Lipinski definition) is 1. The first-order chi connectivity index (χ1) is 8.17. The predicted molar refractivity (Wildman–Crippen MR) is 72.2 cm³/mol. The van der Waals surface area contributed by atoms with Gasteiger partial charge in [-0.2, -0.15) is 0 Å². The molecular weight excluding hydrogens is 206 g/mol. The Kier molecular flexibility index (Phi) is 2.74. The molecule has 0 aliphatic heterocycles. The van der Waals surface area contributed by atoms with E-state index in [9.17, 15) is 0 Å². The van der Waals surface area contributed by atoms with Crippen molar-refractivity contribution in [3.8, 4) is 0 Å². The SMILES string of the molecule is CC(NC1CCc2ccccc2C1)C1(C)CC1. The van der Waals surface area contributed by atoms with Gasteiger partial charge in [-0.3, -0.25) is 0 Å². The normalized spacial score (nSPS) is 27.3. The fraction of sp³-hybridized carbons (Fsp3) is 0.625. The highest BCUT2D eigenvalue weighted by molar-refractivity contribution is 5.30. The molecule has 0 bridgehead atoms. The molecule has 2 unspecified atom stereocenters. The van der Waals surface area contributed by atoms with Gasteiger partial charge in [0.15, 0.2) is 0 Å². The number of aryl methyl sites for hydroxylation is 1. The van der Waals surface area contributed by atoms with Crippen molar-refractivity contribution in [2.45, 2.75) is 58.0 Å². The van der Waals surface area contributed by atoms with E-state index in [-0.39, 0.29) is 0 Å². The molecule has 1 aromatic rings. The van der Waals surface area contributed by atoms with Crippen LogP contribution in [0.2, 0.25) is 0 Å². The fourth-order valence-corrected chi connectivity index (χ4v) is 3.02. The number of hydrogen-bond donors (Lipinski definition) is 1. The third-order valence-electron chi connectivity index (χ3n) is 4.92. The van der Waals surface area contributed by atoms with E-state index in [1.165, 1.54) is 32.1 Å². The van der Waals surface area contributed by atoms with Crippen molar-refractivity contribution in [1.29, 1.82) is 0 Å². The molecule has 0 heterocycles. The highest BCUT2D eigenvalue weighted by Crippen LogP contribution is 2.48. The minimum absolute atomic E-state index is 0.594. The molecule has 1 fully saturated rings. The summed E-state index contributed by atoms with van der Waals surface area (Å²) in [6.45, 7) is 4.79. The first kappa shape index (κ1) is 11.3. The van der Waals surface area contributed by atoms with Crippen molar-refractivity contribution >= 4 is 0 Å². The zero-order chi connectivity index (χ0) is 11.9. The van der Waals surface area contributed by atoms with E-state index < -0.39 is 0 Å². The quantitative estimate of drug-likeness (QED) is 0.838. The van der Waals surface area contributed by atoms with E-state index >= 15 is 0 Å². The monoisotopic (exact) mass is 229 g/mol. The smallest absolute Gasteiger partial charge is 0.0113 e. The largest absolute Gasteiger partial charge is 0.311 e. The summed E-state index contributed by atoms with van der Waals surface area (Å²) in [5.74, 6) is 0. The minimum atomic E-state index is 0.594. The molecule has 2 aliphatic carbocycles. The van der Waals surface area contributed by atoms with Gasteiger partial charge in [-0.15, -0.1) is 0 Å². The molecule has 0 saturated heterocycles. The van der Waals surface area contributed by atoms with Crippen LogP contribution in [0.25, 0.3) is 0 Å². The van der Waals surface area contributed by atoms with E-state index in [2.05, 4.69) is 43.4 Å². The fourth-order valence-electron chi connectivity index (χ4n) is 3.02. The van der Waals surface area contributed by atoms with Crippen LogP contribution in [-0.4, -0.2) is 12.1 Å². The lowest BCUT2D eigenvalue weighted by Crippen LogP contribution is -2.43. The van der Waals surface area contributed by atoms with Crippen LogP contribution in [0.4, 0.5) is 0 Å². The van der Waals surface area contributed by atoms with Crippen LogP contribution >= 0.6 is 0 Å². The Bertz CT molecular complexity index is 406. The van der Waals surface area contributed by atoms with Crippen molar-refractivity contribution in [3.05, 3.63) is 35.4 Å². The Morgan fingerprint density at radius 3 is 2.65 bits per heavy atom. The van der Waals surface area contributed by atoms with Gasteiger partial charge in [-0.25, -0.2) is 0 Å². The van der Waals surface area contributed by atoms with Crippen molar-refractivity contribution in [2.75, 3.05) is 0 Å². The molecule has 1 saturated carbocycles. The maximum Gasteiger partial charge on any atom is 0.0113 e. The van der Waals surface area contributed by atoms with E-state index in [1.807, 2.05) is 0 Å². The number of nitrogens with one attached hydrogen (secondary N) is 1. The highest BCUT2D eigenvalue weighted by Gasteiger charge is 2.43. The minimum Gasteiger partial charge on any atom is -0.311 e. The summed E-state index contributed by atoms with van der Waals surface area (Å²) in [6, 6.07) is 10.3. The first-order valence-corrected chi connectivity index (χ1v) is 7.00. The van der Waals surface area contributed by atoms with Crippen molar-refractivity contribution in [2.24, 2.45) is 5.41 Å². The van der Waals surface area contributed by atoms with E-state index in [0.29, 0.717) is 17.5 Å². The topological polar surface area (TPSA) is 12.0 Å². The predicted octanol–water partition coefficient (Wildman–Crippen LogP) is 3.32. The van der Waals surface area contributed by atoms with E-state index in [0.717, 1.165) is 0 Å². The Labute approximate surface area is 105 Å². The Morgan fingerprint density at radius 2 is 1.94 bits per heavy atom. The van der Waals surface area contributed by atoms with Gasteiger partial charge in [0.05, 0.1) is 0 Å². The van der Waals surface area contributed by atoms with Gasteiger partial charge in [0, 0.05) is 12.1 Å². The molecule has 2 aliphatic rings. The summed E-state index contributed by atoms with van der Waals surface area (Å²) in [5.41, 5.74) is 3.72. The second-order valence-electron chi connectivity index (χ2n) is 6.25. The number of benzene rings is 1. The van der Waals surface area contributed by atoms with Gasteiger partial charge in [0.2, 0.25) is 0 Å². The number of fused-ring (bicyclic) bond motifs is 1. The number of rotatable bonds is 3. The Balaban J connectivity index is 1.64. The summed E-state index contributed by atoms with van der Waals surface area (Å²) in [7, 11) is 0. The van der Waals surface area contributed by atoms with Gasteiger partial charge < -0.3 is 5.32 Å². The van der Waals surface area contributed by atoms with Crippen LogP contribution in [-0.2, 0) is 12.8 Å².